The van der Waals surface area contributed by atoms with Crippen LogP contribution in [-0.4, -0.2) is 43.2 Å². The van der Waals surface area contributed by atoms with Gasteiger partial charge in [-0.1, -0.05) is 66.2 Å². The standard InChI is InChI=1S/C41H56N2O4/c1-37(2)22-30-28(31(23-37)36(45)46)12-14-41(7)34(30)29(25-8-10-27(11-9-25)43-16-18-47-19-17-43)20-33-39(5)21-26(24-42)35(44)38(3,4)32(39)13-15-40(33,41)6/h8-11,26,28,30-33H,12-23H2,1-7H3,(H,45,46)/t26?,28?,30?,31-,32?,33?,39?,40?,41?/m1/s1. The zero-order chi connectivity index (χ0) is 33.7. The maximum atomic E-state index is 13.7. The molecule has 1 aromatic carbocycles. The normalized spacial score (nSPS) is 42.3. The van der Waals surface area contributed by atoms with Gasteiger partial charge in [0.1, 0.15) is 5.92 Å². The third kappa shape index (κ3) is 4.72. The molecule has 5 aliphatic carbocycles. The fourth-order valence-electron chi connectivity index (χ4n) is 13.0. The summed E-state index contributed by atoms with van der Waals surface area (Å²) in [5.74, 6) is -0.407. The van der Waals surface area contributed by atoms with Crippen LogP contribution < -0.4 is 4.90 Å². The quantitative estimate of drug-likeness (QED) is 0.357. The number of morpholine rings is 1. The van der Waals surface area contributed by atoms with Crippen molar-refractivity contribution in [2.75, 3.05) is 31.2 Å². The Morgan fingerprint density at radius 1 is 0.936 bits per heavy atom. The van der Waals surface area contributed by atoms with Crippen LogP contribution in [0.3, 0.4) is 0 Å². The minimum absolute atomic E-state index is 0.00736. The number of aliphatic carboxylic acids is 1. The predicted octanol–water partition coefficient (Wildman–Crippen LogP) is 8.41. The van der Waals surface area contributed by atoms with Gasteiger partial charge >= 0.3 is 5.97 Å². The highest BCUT2D eigenvalue weighted by Crippen LogP contribution is 2.76. The highest BCUT2D eigenvalue weighted by molar-refractivity contribution is 5.90. The summed E-state index contributed by atoms with van der Waals surface area (Å²) >= 11 is 0. The number of nitriles is 1. The van der Waals surface area contributed by atoms with Gasteiger partial charge in [-0.3, -0.25) is 9.59 Å². The number of rotatable bonds is 3. The molecule has 0 radical (unpaired) electrons. The molecule has 1 heterocycles. The molecule has 6 aliphatic rings. The van der Waals surface area contributed by atoms with Crippen molar-refractivity contribution in [1.82, 2.24) is 0 Å². The van der Waals surface area contributed by atoms with E-state index in [1.165, 1.54) is 16.8 Å². The van der Waals surface area contributed by atoms with Crippen molar-refractivity contribution in [3.05, 3.63) is 35.4 Å². The monoisotopic (exact) mass is 640 g/mol. The van der Waals surface area contributed by atoms with Crippen LogP contribution in [0.25, 0.3) is 5.57 Å². The van der Waals surface area contributed by atoms with Gasteiger partial charge < -0.3 is 14.7 Å². The van der Waals surface area contributed by atoms with Gasteiger partial charge in [-0.2, -0.15) is 5.26 Å². The summed E-state index contributed by atoms with van der Waals surface area (Å²) in [6.45, 7) is 19.6. The molecule has 9 atom stereocenters. The molecule has 1 aliphatic heterocycles. The SMILES string of the molecule is CC1(C)CC2C3=C(c4ccc(N5CCOCC5)cc4)CC4C5(C)CC(C#N)C(=O)C(C)(C)C5CCC4(C)C3(C)CCC2[C@H](C(=O)O)C1. The summed E-state index contributed by atoms with van der Waals surface area (Å²) in [6, 6.07) is 11.7. The van der Waals surface area contributed by atoms with Crippen molar-refractivity contribution >= 4 is 23.0 Å². The van der Waals surface area contributed by atoms with Crippen LogP contribution in [0, 0.1) is 73.9 Å². The minimum atomic E-state index is -0.627. The zero-order valence-electron chi connectivity index (χ0n) is 29.8. The lowest BCUT2D eigenvalue weighted by Gasteiger charge is -2.71. The number of ketones is 1. The second-order valence-corrected chi connectivity index (χ2v) is 18.4. The largest absolute Gasteiger partial charge is 0.481 e. The fourth-order valence-corrected chi connectivity index (χ4v) is 13.0. The summed E-state index contributed by atoms with van der Waals surface area (Å²) in [5.41, 5.74) is 4.67. The summed E-state index contributed by atoms with van der Waals surface area (Å²) < 4.78 is 5.62. The summed E-state index contributed by atoms with van der Waals surface area (Å²) in [6.07, 6.45) is 7.37. The minimum Gasteiger partial charge on any atom is -0.481 e. The Morgan fingerprint density at radius 2 is 1.62 bits per heavy atom. The molecule has 8 unspecified atom stereocenters. The highest BCUT2D eigenvalue weighted by Gasteiger charge is 2.69. The van der Waals surface area contributed by atoms with E-state index >= 15 is 0 Å². The Hall–Kier alpha value is -2.65. The van der Waals surface area contributed by atoms with Gasteiger partial charge in [-0.05, 0) is 120 Å². The number of carbonyl (C=O) groups excluding carboxylic acids is 1. The molecule has 0 aromatic heterocycles. The first-order valence-corrected chi connectivity index (χ1v) is 18.4. The molecule has 254 valence electrons. The van der Waals surface area contributed by atoms with Crippen LogP contribution in [0.4, 0.5) is 5.69 Å². The van der Waals surface area contributed by atoms with E-state index in [0.717, 1.165) is 71.2 Å². The lowest BCUT2D eigenvalue weighted by Crippen LogP contribution is -2.65. The number of benzene rings is 1. The second kappa shape index (κ2) is 10.9. The smallest absolute Gasteiger partial charge is 0.306 e. The van der Waals surface area contributed by atoms with Crippen molar-refractivity contribution in [2.24, 2.45) is 62.6 Å². The number of hydrogen-bond acceptors (Lipinski definition) is 5. The van der Waals surface area contributed by atoms with Crippen molar-refractivity contribution in [3.63, 3.8) is 0 Å². The molecule has 7 rings (SSSR count). The van der Waals surface area contributed by atoms with Crippen LogP contribution >= 0.6 is 0 Å². The highest BCUT2D eigenvalue weighted by atomic mass is 16.5. The number of fused-ring (bicyclic) bond motifs is 7. The van der Waals surface area contributed by atoms with Crippen LogP contribution in [0.1, 0.15) is 105 Å². The maximum absolute atomic E-state index is 13.7. The van der Waals surface area contributed by atoms with Crippen LogP contribution in [0.15, 0.2) is 29.8 Å². The molecule has 1 N–H and O–H groups in total. The Labute approximate surface area is 282 Å². The maximum Gasteiger partial charge on any atom is 0.306 e. The van der Waals surface area contributed by atoms with E-state index in [4.69, 9.17) is 4.74 Å². The summed E-state index contributed by atoms with van der Waals surface area (Å²) in [5, 5.41) is 20.8. The number of carboxylic acids is 1. The molecule has 6 heteroatoms. The zero-order valence-corrected chi connectivity index (χ0v) is 29.8. The second-order valence-electron chi connectivity index (χ2n) is 18.4. The van der Waals surface area contributed by atoms with Gasteiger partial charge in [0.05, 0.1) is 25.2 Å². The lowest BCUT2D eigenvalue weighted by atomic mass is 9.33. The topological polar surface area (TPSA) is 90.6 Å². The van der Waals surface area contributed by atoms with E-state index < -0.39 is 17.3 Å². The summed E-state index contributed by atoms with van der Waals surface area (Å²) in [4.78, 5) is 28.9. The molecular formula is C41H56N2O4. The first-order valence-electron chi connectivity index (χ1n) is 18.4. The van der Waals surface area contributed by atoms with E-state index in [2.05, 4.69) is 83.7 Å². The lowest BCUT2D eigenvalue weighted by molar-refractivity contribution is -0.186. The molecule has 0 bridgehead atoms. The first kappa shape index (κ1) is 32.9. The van der Waals surface area contributed by atoms with E-state index in [1.54, 1.807) is 5.57 Å². The van der Waals surface area contributed by atoms with Gasteiger partial charge in [0.2, 0.25) is 0 Å². The molecule has 1 aromatic rings. The van der Waals surface area contributed by atoms with E-state index in [-0.39, 0.29) is 51.1 Å². The molecule has 1 saturated heterocycles. The van der Waals surface area contributed by atoms with Crippen LogP contribution in [0.5, 0.6) is 0 Å². The average molecular weight is 641 g/mol. The molecule has 47 heavy (non-hydrogen) atoms. The number of allylic oxidation sites excluding steroid dienone is 2. The predicted molar refractivity (Wildman–Crippen MR) is 184 cm³/mol. The molecule has 0 spiro atoms. The Balaban J connectivity index is 1.41. The Kier molecular flexibility index (Phi) is 7.64. The number of carboxylic acid groups (broad SMARTS) is 1. The van der Waals surface area contributed by atoms with Gasteiger partial charge in [0.15, 0.2) is 5.78 Å². The van der Waals surface area contributed by atoms with Crippen molar-refractivity contribution < 1.29 is 19.4 Å². The average Bonchev–Trinajstić information content (AvgIpc) is 3.02. The van der Waals surface area contributed by atoms with E-state index in [9.17, 15) is 20.0 Å². The molecule has 6 nitrogen and oxygen atoms in total. The molecule has 5 fully saturated rings. The number of nitrogens with zero attached hydrogens (tertiary/aromatic N) is 2. The Morgan fingerprint density at radius 3 is 2.26 bits per heavy atom. The van der Waals surface area contributed by atoms with Gasteiger partial charge in [0, 0.05) is 24.2 Å². The number of Topliss-reactive ketones (excluding diaryl/α,β-unsaturated/α-hetero) is 1. The van der Waals surface area contributed by atoms with Crippen molar-refractivity contribution in [3.8, 4) is 6.07 Å². The van der Waals surface area contributed by atoms with Crippen LogP contribution in [0.2, 0.25) is 0 Å². The Bertz CT molecular complexity index is 1530. The van der Waals surface area contributed by atoms with Crippen molar-refractivity contribution in [2.45, 2.75) is 99.8 Å². The third-order valence-electron chi connectivity index (χ3n) is 15.4. The number of ether oxygens (including phenoxy) is 1. The van der Waals surface area contributed by atoms with Crippen molar-refractivity contribution in [1.29, 1.82) is 5.26 Å². The number of carbonyl (C=O) groups is 2. The fraction of sp³-hybridized carbons (Fsp3) is 0.732. The van der Waals surface area contributed by atoms with Gasteiger partial charge in [-0.15, -0.1) is 0 Å². The van der Waals surface area contributed by atoms with E-state index in [0.29, 0.717) is 12.3 Å². The third-order valence-corrected chi connectivity index (χ3v) is 15.4. The molecular weight excluding hydrogens is 584 g/mol. The van der Waals surface area contributed by atoms with E-state index in [1.807, 2.05) is 0 Å². The number of hydrogen-bond donors (Lipinski definition) is 1. The van der Waals surface area contributed by atoms with Crippen LogP contribution in [-0.2, 0) is 14.3 Å². The van der Waals surface area contributed by atoms with Gasteiger partial charge in [-0.25, -0.2) is 0 Å². The molecule has 0 amide bonds. The van der Waals surface area contributed by atoms with Gasteiger partial charge in [0.25, 0.3) is 0 Å². The summed E-state index contributed by atoms with van der Waals surface area (Å²) in [7, 11) is 0. The number of anilines is 1. The molecule has 4 saturated carbocycles. The first-order chi connectivity index (χ1) is 22.1.